The van der Waals surface area contributed by atoms with Crippen LogP contribution in [0.4, 0.5) is 5.69 Å². The Morgan fingerprint density at radius 1 is 1.11 bits per heavy atom. The van der Waals surface area contributed by atoms with E-state index >= 15 is 0 Å². The zero-order valence-corrected chi connectivity index (χ0v) is 16.4. The summed E-state index contributed by atoms with van der Waals surface area (Å²) >= 11 is 0. The van der Waals surface area contributed by atoms with Crippen LogP contribution in [-0.4, -0.2) is 34.8 Å². The van der Waals surface area contributed by atoms with E-state index in [0.717, 1.165) is 54.6 Å². The van der Waals surface area contributed by atoms with Gasteiger partial charge in [0.25, 0.3) is 5.91 Å². The molecule has 3 rings (SSSR count). The van der Waals surface area contributed by atoms with Crippen LogP contribution in [0.5, 0.6) is 0 Å². The summed E-state index contributed by atoms with van der Waals surface area (Å²) in [5.74, 6) is -0.0272. The van der Waals surface area contributed by atoms with Crippen LogP contribution in [0.1, 0.15) is 42.4 Å². The molecule has 144 valence electrons. The molecule has 0 radical (unpaired) electrons. The third-order valence-corrected chi connectivity index (χ3v) is 5.66. The van der Waals surface area contributed by atoms with Crippen molar-refractivity contribution < 1.29 is 14.4 Å². The highest BCUT2D eigenvalue weighted by molar-refractivity contribution is 5.92. The molecule has 0 aromatic heterocycles. The van der Waals surface area contributed by atoms with Gasteiger partial charge in [-0.2, -0.15) is 0 Å². The van der Waals surface area contributed by atoms with Gasteiger partial charge in [-0.25, -0.2) is 0 Å². The Hall–Kier alpha value is -2.17. The minimum atomic E-state index is -0.503. The molecule has 0 aliphatic carbocycles. The van der Waals surface area contributed by atoms with Crippen molar-refractivity contribution in [1.82, 2.24) is 0 Å². The van der Waals surface area contributed by atoms with Gasteiger partial charge in [-0.3, -0.25) is 9.28 Å². The van der Waals surface area contributed by atoms with Gasteiger partial charge in [-0.1, -0.05) is 42.5 Å². The normalized spacial score (nSPS) is 22.9. The number of aliphatic hydroxyl groups excluding tert-OH is 1. The molecular formula is C23H31N2O2+. The Morgan fingerprint density at radius 2 is 1.89 bits per heavy atom. The van der Waals surface area contributed by atoms with Crippen LogP contribution in [0, 0.1) is 13.8 Å². The quantitative estimate of drug-likeness (QED) is 0.780. The van der Waals surface area contributed by atoms with Crippen LogP contribution in [0.15, 0.2) is 48.5 Å². The van der Waals surface area contributed by atoms with Crippen molar-refractivity contribution in [1.29, 1.82) is 0 Å². The Morgan fingerprint density at radius 3 is 2.67 bits per heavy atom. The van der Waals surface area contributed by atoms with Crippen LogP contribution in [0.2, 0.25) is 0 Å². The number of hydrogen-bond acceptors (Lipinski definition) is 2. The summed E-state index contributed by atoms with van der Waals surface area (Å²) in [5.41, 5.74) is 4.21. The lowest BCUT2D eigenvalue weighted by atomic mass is 10.1. The molecule has 4 nitrogen and oxygen atoms in total. The minimum Gasteiger partial charge on any atom is -0.345 e. The lowest BCUT2D eigenvalue weighted by molar-refractivity contribution is -0.975. The molecule has 1 heterocycles. The second-order valence-electron chi connectivity index (χ2n) is 7.94. The highest BCUT2D eigenvalue weighted by Crippen LogP contribution is 2.27. The highest BCUT2D eigenvalue weighted by Gasteiger charge is 2.39. The number of hydrogen-bond donors (Lipinski definition) is 2. The SMILES string of the molecule is Cc1ccc(C)c(NC(=O)C[N+]2(Cc3ccccc3)CCCCCC2O)c1. The van der Waals surface area contributed by atoms with Gasteiger partial charge in [0.05, 0.1) is 6.54 Å². The maximum atomic E-state index is 13.0. The number of rotatable bonds is 5. The Labute approximate surface area is 162 Å². The van der Waals surface area contributed by atoms with Gasteiger partial charge >= 0.3 is 0 Å². The molecule has 0 saturated carbocycles. The van der Waals surface area contributed by atoms with E-state index in [9.17, 15) is 9.90 Å². The van der Waals surface area contributed by atoms with Crippen molar-refractivity contribution in [3.05, 3.63) is 65.2 Å². The van der Waals surface area contributed by atoms with E-state index in [1.54, 1.807) is 0 Å². The van der Waals surface area contributed by atoms with E-state index < -0.39 is 6.23 Å². The number of amides is 1. The van der Waals surface area contributed by atoms with E-state index in [2.05, 4.69) is 17.4 Å². The number of carbonyl (C=O) groups excluding carboxylic acids is 1. The predicted octanol–water partition coefficient (Wildman–Crippen LogP) is 4.15. The lowest BCUT2D eigenvalue weighted by Crippen LogP contribution is -2.58. The van der Waals surface area contributed by atoms with E-state index in [4.69, 9.17) is 0 Å². The van der Waals surface area contributed by atoms with Crippen LogP contribution in [-0.2, 0) is 11.3 Å². The van der Waals surface area contributed by atoms with Crippen molar-refractivity contribution in [3.8, 4) is 0 Å². The molecule has 1 fully saturated rings. The summed E-state index contributed by atoms with van der Waals surface area (Å²) in [4.78, 5) is 13.0. The van der Waals surface area contributed by atoms with E-state index in [1.165, 1.54) is 0 Å². The van der Waals surface area contributed by atoms with Crippen molar-refractivity contribution in [3.63, 3.8) is 0 Å². The molecule has 2 atom stereocenters. The summed E-state index contributed by atoms with van der Waals surface area (Å²) < 4.78 is 0.417. The van der Waals surface area contributed by atoms with Gasteiger partial charge in [0.2, 0.25) is 0 Å². The summed E-state index contributed by atoms with van der Waals surface area (Å²) in [6, 6.07) is 16.3. The number of quaternary nitrogens is 1. The molecule has 1 amide bonds. The first-order chi connectivity index (χ1) is 13.0. The average Bonchev–Trinajstić information content (AvgIpc) is 2.81. The molecule has 27 heavy (non-hydrogen) atoms. The van der Waals surface area contributed by atoms with E-state index in [1.807, 2.05) is 50.2 Å². The monoisotopic (exact) mass is 367 g/mol. The van der Waals surface area contributed by atoms with Crippen molar-refractivity contribution in [2.75, 3.05) is 18.4 Å². The van der Waals surface area contributed by atoms with Crippen molar-refractivity contribution in [2.45, 2.75) is 52.3 Å². The summed E-state index contributed by atoms with van der Waals surface area (Å²) in [7, 11) is 0. The van der Waals surface area contributed by atoms with Gasteiger partial charge < -0.3 is 10.4 Å². The molecule has 1 aliphatic rings. The Kier molecular flexibility index (Phi) is 6.30. The maximum Gasteiger partial charge on any atom is 0.279 e. The molecule has 2 aromatic carbocycles. The van der Waals surface area contributed by atoms with Crippen molar-refractivity contribution in [2.24, 2.45) is 0 Å². The van der Waals surface area contributed by atoms with Gasteiger partial charge in [0, 0.05) is 17.7 Å². The fourth-order valence-electron chi connectivity index (χ4n) is 4.07. The highest BCUT2D eigenvalue weighted by atomic mass is 16.3. The molecule has 0 spiro atoms. The predicted molar refractivity (Wildman–Crippen MR) is 109 cm³/mol. The second-order valence-corrected chi connectivity index (χ2v) is 7.94. The molecule has 2 aromatic rings. The Bertz CT molecular complexity index is 775. The smallest absolute Gasteiger partial charge is 0.279 e. The third kappa shape index (κ3) is 4.96. The fourth-order valence-corrected chi connectivity index (χ4v) is 4.07. The largest absolute Gasteiger partial charge is 0.345 e. The molecule has 2 unspecified atom stereocenters. The van der Waals surface area contributed by atoms with Gasteiger partial charge in [0.15, 0.2) is 12.8 Å². The number of carbonyl (C=O) groups is 1. The van der Waals surface area contributed by atoms with Crippen LogP contribution in [0.3, 0.4) is 0 Å². The first-order valence-corrected chi connectivity index (χ1v) is 9.93. The van der Waals surface area contributed by atoms with Gasteiger partial charge in [-0.05, 0) is 50.3 Å². The van der Waals surface area contributed by atoms with Crippen molar-refractivity contribution >= 4 is 11.6 Å². The number of nitrogens with one attached hydrogen (secondary N) is 1. The molecule has 4 heteroatoms. The zero-order valence-electron chi connectivity index (χ0n) is 16.4. The topological polar surface area (TPSA) is 49.3 Å². The van der Waals surface area contributed by atoms with Crippen LogP contribution in [0.25, 0.3) is 0 Å². The first kappa shape index (κ1) is 19.6. The molecular weight excluding hydrogens is 336 g/mol. The van der Waals surface area contributed by atoms with Crippen LogP contribution < -0.4 is 5.32 Å². The number of aryl methyl sites for hydroxylation is 2. The average molecular weight is 368 g/mol. The van der Waals surface area contributed by atoms with Gasteiger partial charge in [0.1, 0.15) is 6.54 Å². The lowest BCUT2D eigenvalue weighted by Gasteiger charge is -2.41. The maximum absolute atomic E-state index is 13.0. The summed E-state index contributed by atoms with van der Waals surface area (Å²) in [6.45, 7) is 5.84. The van der Waals surface area contributed by atoms with E-state index in [-0.39, 0.29) is 5.91 Å². The Balaban J connectivity index is 1.82. The second kappa shape index (κ2) is 8.68. The minimum absolute atomic E-state index is 0.0272. The first-order valence-electron chi connectivity index (χ1n) is 9.93. The standard InChI is InChI=1S/C23H30N2O2/c1-18-12-13-19(2)21(15-18)24-22(26)17-25(14-8-4-7-11-23(25)27)16-20-9-5-3-6-10-20/h3,5-6,9-10,12-13,15,23,27H,4,7-8,11,14,16-17H2,1-2H3/p+1. The number of benzene rings is 2. The number of anilines is 1. The molecule has 1 saturated heterocycles. The number of likely N-dealkylation sites (tertiary alicyclic amines) is 1. The summed E-state index contributed by atoms with van der Waals surface area (Å²) in [5, 5.41) is 14.1. The fraction of sp³-hybridized carbons (Fsp3) is 0.435. The van der Waals surface area contributed by atoms with Crippen LogP contribution >= 0.6 is 0 Å². The zero-order chi connectivity index (χ0) is 19.3. The number of nitrogens with zero attached hydrogens (tertiary/aromatic N) is 1. The summed E-state index contributed by atoms with van der Waals surface area (Å²) in [6.07, 6.45) is 3.43. The number of aliphatic hydroxyl groups is 1. The molecule has 0 bridgehead atoms. The van der Waals surface area contributed by atoms with E-state index in [0.29, 0.717) is 17.6 Å². The third-order valence-electron chi connectivity index (χ3n) is 5.66. The molecule has 2 N–H and O–H groups in total. The van der Waals surface area contributed by atoms with Gasteiger partial charge in [-0.15, -0.1) is 0 Å². The molecule has 1 aliphatic heterocycles.